The van der Waals surface area contributed by atoms with E-state index in [1.54, 1.807) is 0 Å². The lowest BCUT2D eigenvalue weighted by molar-refractivity contribution is -0.274. The molecule has 196 valence electrons. The summed E-state index contributed by atoms with van der Waals surface area (Å²) in [5, 5.41) is 0. The molecule has 0 bridgehead atoms. The molecular weight excluding hydrogens is 524 g/mol. The van der Waals surface area contributed by atoms with Gasteiger partial charge in [-0.15, -0.1) is 37.3 Å². The fraction of sp³-hybridized carbons (Fsp3) is 0.417. The van der Waals surface area contributed by atoms with Gasteiger partial charge in [-0.2, -0.15) is 0 Å². The van der Waals surface area contributed by atoms with Crippen LogP contribution in [0.1, 0.15) is 35.2 Å². The number of hydrogen-bond donors (Lipinski definition) is 1. The second-order valence-corrected chi connectivity index (χ2v) is 9.58. The number of ether oxygens (including phenoxy) is 2. The van der Waals surface area contributed by atoms with Crippen LogP contribution >= 0.6 is 24.2 Å². The Hall–Kier alpha value is -2.34. The molecule has 36 heavy (non-hydrogen) atoms. The lowest BCUT2D eigenvalue weighted by Gasteiger charge is -2.25. The topological polar surface area (TPSA) is 81.9 Å². The van der Waals surface area contributed by atoms with Gasteiger partial charge in [0.15, 0.2) is 5.78 Å². The minimum atomic E-state index is -4.82. The summed E-state index contributed by atoms with van der Waals surface area (Å²) in [6, 6.07) is 6.86. The first-order valence-corrected chi connectivity index (χ1v) is 12.1. The lowest BCUT2D eigenvalue weighted by atomic mass is 9.91. The second-order valence-electron chi connectivity index (χ2n) is 8.52. The van der Waals surface area contributed by atoms with E-state index >= 15 is 0 Å². The molecular formula is C24H25ClF4N2O4S. The number of fused-ring (bicyclic) bond motifs is 1. The molecule has 12 heteroatoms. The summed E-state index contributed by atoms with van der Waals surface area (Å²) in [6.45, 7) is 1.11. The molecule has 0 aromatic heterocycles. The zero-order valence-electron chi connectivity index (χ0n) is 19.1. The first-order chi connectivity index (χ1) is 16.6. The van der Waals surface area contributed by atoms with Gasteiger partial charge in [-0.3, -0.25) is 9.59 Å². The lowest BCUT2D eigenvalue weighted by Crippen LogP contribution is -2.44. The van der Waals surface area contributed by atoms with Gasteiger partial charge in [0.25, 0.3) is 0 Å². The van der Waals surface area contributed by atoms with E-state index in [-0.39, 0.29) is 54.1 Å². The summed E-state index contributed by atoms with van der Waals surface area (Å²) in [5.74, 6) is -1.51. The van der Waals surface area contributed by atoms with Gasteiger partial charge in [0.1, 0.15) is 11.6 Å². The van der Waals surface area contributed by atoms with Gasteiger partial charge in [0.2, 0.25) is 5.91 Å². The Morgan fingerprint density at radius 1 is 1.17 bits per heavy atom. The van der Waals surface area contributed by atoms with Gasteiger partial charge in [0.05, 0.1) is 23.8 Å². The zero-order chi connectivity index (χ0) is 25.2. The number of ketones is 1. The molecule has 2 aliphatic rings. The van der Waals surface area contributed by atoms with Crippen LogP contribution in [0.4, 0.5) is 23.2 Å². The quantitative estimate of drug-likeness (QED) is 0.399. The predicted octanol–water partition coefficient (Wildman–Crippen LogP) is 5.11. The number of carbonyl (C=O) groups is 2. The molecule has 1 fully saturated rings. The average molecular weight is 549 g/mol. The van der Waals surface area contributed by atoms with Crippen LogP contribution in [0.3, 0.4) is 0 Å². The van der Waals surface area contributed by atoms with Gasteiger partial charge in [-0.05, 0) is 48.6 Å². The van der Waals surface area contributed by atoms with E-state index in [0.29, 0.717) is 29.4 Å². The molecule has 2 heterocycles. The highest BCUT2D eigenvalue weighted by atomic mass is 35.5. The molecule has 2 aromatic rings. The molecule has 1 atom stereocenters. The highest BCUT2D eigenvalue weighted by molar-refractivity contribution is 7.99. The summed E-state index contributed by atoms with van der Waals surface area (Å²) in [5.41, 5.74) is 6.79. The van der Waals surface area contributed by atoms with Crippen LogP contribution in [0.2, 0.25) is 0 Å². The number of benzene rings is 2. The number of thioether (sulfide) groups is 1. The number of halogens is 5. The van der Waals surface area contributed by atoms with Crippen LogP contribution in [-0.2, 0) is 16.1 Å². The molecule has 0 radical (unpaired) electrons. The van der Waals surface area contributed by atoms with E-state index in [1.165, 1.54) is 40.9 Å². The van der Waals surface area contributed by atoms with Crippen molar-refractivity contribution in [2.45, 2.75) is 43.1 Å². The predicted molar refractivity (Wildman–Crippen MR) is 129 cm³/mol. The maximum absolute atomic E-state index is 14.9. The van der Waals surface area contributed by atoms with E-state index in [1.807, 2.05) is 0 Å². The van der Waals surface area contributed by atoms with Crippen molar-refractivity contribution in [1.29, 1.82) is 0 Å². The second kappa shape index (κ2) is 11.8. The largest absolute Gasteiger partial charge is 0.573 e. The smallest absolute Gasteiger partial charge is 0.406 e. The van der Waals surface area contributed by atoms with Gasteiger partial charge < -0.3 is 20.1 Å². The van der Waals surface area contributed by atoms with Crippen molar-refractivity contribution in [1.82, 2.24) is 0 Å². The molecule has 2 aromatic carbocycles. The van der Waals surface area contributed by atoms with Crippen molar-refractivity contribution in [3.05, 3.63) is 53.3 Å². The molecule has 4 rings (SSSR count). The minimum absolute atomic E-state index is 0. The van der Waals surface area contributed by atoms with Crippen LogP contribution in [0.15, 0.2) is 41.3 Å². The van der Waals surface area contributed by atoms with Gasteiger partial charge in [-0.1, -0.05) is 12.1 Å². The highest BCUT2D eigenvalue weighted by Gasteiger charge is 2.32. The summed E-state index contributed by atoms with van der Waals surface area (Å²) >= 11 is 1.21. The van der Waals surface area contributed by atoms with Gasteiger partial charge >= 0.3 is 6.36 Å². The Labute approximate surface area is 215 Å². The van der Waals surface area contributed by atoms with E-state index in [0.717, 1.165) is 25.0 Å². The van der Waals surface area contributed by atoms with Crippen LogP contribution in [0.25, 0.3) is 0 Å². The van der Waals surface area contributed by atoms with Gasteiger partial charge in [0, 0.05) is 30.3 Å². The first kappa shape index (κ1) is 28.2. The summed E-state index contributed by atoms with van der Waals surface area (Å²) in [7, 11) is 0. The Morgan fingerprint density at radius 2 is 1.83 bits per heavy atom. The maximum Gasteiger partial charge on any atom is 0.573 e. The van der Waals surface area contributed by atoms with E-state index in [2.05, 4.69) is 4.74 Å². The van der Waals surface area contributed by atoms with Crippen molar-refractivity contribution in [3.8, 4) is 5.75 Å². The van der Waals surface area contributed by atoms with Crippen LogP contribution in [0, 0.1) is 11.7 Å². The Morgan fingerprint density at radius 3 is 2.47 bits per heavy atom. The third kappa shape index (κ3) is 6.90. The average Bonchev–Trinajstić information content (AvgIpc) is 2.91. The number of hydrogen-bond acceptors (Lipinski definition) is 6. The minimum Gasteiger partial charge on any atom is -0.406 e. The van der Waals surface area contributed by atoms with Crippen molar-refractivity contribution in [2.24, 2.45) is 11.7 Å². The zero-order valence-corrected chi connectivity index (χ0v) is 20.7. The SMILES string of the molecule is Cl.N[C@H]1CSc2cc(F)c(C(=O)CC3CCOCC3)cc2N(Cc2ccc(OC(F)(F)F)cc2)C1=O. The van der Waals surface area contributed by atoms with Crippen molar-refractivity contribution >= 4 is 41.5 Å². The fourth-order valence-electron chi connectivity index (χ4n) is 4.12. The van der Waals surface area contributed by atoms with E-state index in [4.69, 9.17) is 10.5 Å². The van der Waals surface area contributed by atoms with E-state index < -0.39 is 24.1 Å². The Kier molecular flexibility index (Phi) is 9.26. The molecule has 0 spiro atoms. The highest BCUT2D eigenvalue weighted by Crippen LogP contribution is 2.38. The number of Topliss-reactive ketones (excluding diaryl/α,β-unsaturated/α-hetero) is 1. The maximum atomic E-state index is 14.9. The van der Waals surface area contributed by atoms with Gasteiger partial charge in [-0.25, -0.2) is 4.39 Å². The third-order valence-electron chi connectivity index (χ3n) is 5.95. The van der Waals surface area contributed by atoms with E-state index in [9.17, 15) is 27.2 Å². The summed E-state index contributed by atoms with van der Waals surface area (Å²) in [4.78, 5) is 27.8. The number of nitrogens with zero attached hydrogens (tertiary/aromatic N) is 1. The van der Waals surface area contributed by atoms with Crippen molar-refractivity contribution in [3.63, 3.8) is 0 Å². The molecule has 0 unspecified atom stereocenters. The number of nitrogens with two attached hydrogens (primary N) is 1. The molecule has 1 saturated heterocycles. The first-order valence-electron chi connectivity index (χ1n) is 11.1. The Bertz CT molecular complexity index is 1090. The van der Waals surface area contributed by atoms with Crippen LogP contribution in [0.5, 0.6) is 5.75 Å². The monoisotopic (exact) mass is 548 g/mol. The molecule has 2 N–H and O–H groups in total. The van der Waals surface area contributed by atoms with Crippen LogP contribution in [-0.4, -0.2) is 43.1 Å². The normalized spacial score (nSPS) is 18.8. The standard InChI is InChI=1S/C24H24F4N2O4S.ClH/c25-18-11-22-20(10-17(18)21(31)9-14-5-7-33-8-6-14)30(23(32)19(29)13-35-22)12-15-1-3-16(4-2-15)34-24(26,27)28;/h1-4,10-11,14,19H,5-9,12-13,29H2;1H/t19-;/m0./s1. The summed E-state index contributed by atoms with van der Waals surface area (Å²) in [6.07, 6.45) is -3.19. The Balaban J connectivity index is 0.00000361. The number of alkyl halides is 3. The van der Waals surface area contributed by atoms with Crippen LogP contribution < -0.4 is 15.4 Å². The molecule has 6 nitrogen and oxygen atoms in total. The fourth-order valence-corrected chi connectivity index (χ4v) is 5.12. The molecule has 1 amide bonds. The molecule has 2 aliphatic heterocycles. The molecule has 0 aliphatic carbocycles. The molecule has 0 saturated carbocycles. The van der Waals surface area contributed by atoms with Crippen molar-refractivity contribution in [2.75, 3.05) is 23.9 Å². The number of anilines is 1. The van der Waals surface area contributed by atoms with Crippen molar-refractivity contribution < 1.29 is 36.6 Å². The number of carbonyl (C=O) groups excluding carboxylic acids is 2. The summed E-state index contributed by atoms with van der Waals surface area (Å²) < 4.78 is 61.5. The number of amides is 1. The third-order valence-corrected chi connectivity index (χ3v) is 7.12. The number of rotatable bonds is 6.